The van der Waals surface area contributed by atoms with Crippen LogP contribution < -0.4 is 14.5 Å². The van der Waals surface area contributed by atoms with Gasteiger partial charge in [-0.05, 0) is 37.3 Å². The molecular formula is C25H30ClN5O2S. The van der Waals surface area contributed by atoms with Crippen molar-refractivity contribution in [3.8, 4) is 5.75 Å². The maximum absolute atomic E-state index is 13.3. The fourth-order valence-corrected chi connectivity index (χ4v) is 5.97. The number of amides is 1. The molecule has 0 aliphatic carbocycles. The zero-order chi connectivity index (χ0) is 23.7. The summed E-state index contributed by atoms with van der Waals surface area (Å²) in [5.41, 5.74) is 2.05. The summed E-state index contributed by atoms with van der Waals surface area (Å²) in [5, 5.41) is 1.74. The average Bonchev–Trinajstić information content (AvgIpc) is 3.31. The van der Waals surface area contributed by atoms with Crippen LogP contribution in [0.2, 0.25) is 5.02 Å². The van der Waals surface area contributed by atoms with Gasteiger partial charge in [-0.15, -0.1) is 0 Å². The fraction of sp³-hybridized carbons (Fsp3) is 0.440. The van der Waals surface area contributed by atoms with Crippen LogP contribution in [0.5, 0.6) is 5.75 Å². The predicted molar refractivity (Wildman–Crippen MR) is 140 cm³/mol. The van der Waals surface area contributed by atoms with E-state index in [-0.39, 0.29) is 11.9 Å². The number of nitrogens with zero attached hydrogens (tertiary/aromatic N) is 5. The number of halogens is 1. The molecule has 1 atom stereocenters. The van der Waals surface area contributed by atoms with Crippen molar-refractivity contribution >= 4 is 49.9 Å². The normalized spacial score (nSPS) is 18.4. The lowest BCUT2D eigenvalue weighted by molar-refractivity contribution is -0.136. The summed E-state index contributed by atoms with van der Waals surface area (Å²) < 4.78 is 6.66. The smallest absolute Gasteiger partial charge is 0.239 e. The molecule has 9 heteroatoms. The summed E-state index contributed by atoms with van der Waals surface area (Å²) >= 11 is 7.82. The molecule has 0 spiro atoms. The number of aromatic nitrogens is 1. The van der Waals surface area contributed by atoms with Crippen LogP contribution in [0.4, 0.5) is 10.8 Å². The number of rotatable bonds is 5. The molecule has 7 nitrogen and oxygen atoms in total. The maximum atomic E-state index is 13.3. The van der Waals surface area contributed by atoms with Crippen molar-refractivity contribution in [3.63, 3.8) is 0 Å². The van der Waals surface area contributed by atoms with E-state index in [4.69, 9.17) is 21.3 Å². The number of carbonyl (C=O) groups excluding carboxylic acids is 1. The van der Waals surface area contributed by atoms with Gasteiger partial charge in [0.2, 0.25) is 5.91 Å². The molecule has 34 heavy (non-hydrogen) atoms. The van der Waals surface area contributed by atoms with E-state index < -0.39 is 0 Å². The third-order valence-electron chi connectivity index (χ3n) is 6.85. The van der Waals surface area contributed by atoms with Gasteiger partial charge in [-0.3, -0.25) is 9.69 Å². The molecule has 2 aliphatic heterocycles. The molecule has 2 aromatic carbocycles. The van der Waals surface area contributed by atoms with Crippen molar-refractivity contribution in [2.24, 2.45) is 0 Å². The molecule has 3 heterocycles. The van der Waals surface area contributed by atoms with Crippen molar-refractivity contribution in [1.82, 2.24) is 14.8 Å². The van der Waals surface area contributed by atoms with Crippen LogP contribution >= 0.6 is 22.9 Å². The van der Waals surface area contributed by atoms with Gasteiger partial charge in [0.15, 0.2) is 5.13 Å². The molecule has 0 unspecified atom stereocenters. The first-order valence-electron chi connectivity index (χ1n) is 11.8. The lowest BCUT2D eigenvalue weighted by Crippen LogP contribution is -2.57. The van der Waals surface area contributed by atoms with Crippen molar-refractivity contribution in [2.45, 2.75) is 13.0 Å². The topological polar surface area (TPSA) is 52.2 Å². The first-order chi connectivity index (χ1) is 16.5. The number of para-hydroxylation sites is 2. The summed E-state index contributed by atoms with van der Waals surface area (Å²) in [6.07, 6.45) is 0. The van der Waals surface area contributed by atoms with Gasteiger partial charge in [0.25, 0.3) is 0 Å². The highest BCUT2D eigenvalue weighted by atomic mass is 35.5. The van der Waals surface area contributed by atoms with Gasteiger partial charge in [-0.25, -0.2) is 4.98 Å². The number of hydrogen-bond acceptors (Lipinski definition) is 7. The molecule has 1 aromatic heterocycles. The molecule has 0 radical (unpaired) electrons. The number of hydrogen-bond donors (Lipinski definition) is 0. The maximum Gasteiger partial charge on any atom is 0.239 e. The molecule has 1 amide bonds. The molecule has 0 N–H and O–H groups in total. The molecule has 3 aromatic rings. The van der Waals surface area contributed by atoms with E-state index in [1.807, 2.05) is 48.2 Å². The number of benzene rings is 2. The van der Waals surface area contributed by atoms with E-state index in [1.54, 1.807) is 18.4 Å². The number of thiazole rings is 1. The van der Waals surface area contributed by atoms with Crippen LogP contribution in [0, 0.1) is 0 Å². The van der Waals surface area contributed by atoms with Gasteiger partial charge >= 0.3 is 0 Å². The van der Waals surface area contributed by atoms with Crippen LogP contribution in [0.25, 0.3) is 10.2 Å². The number of methoxy groups -OCH3 is 1. The van der Waals surface area contributed by atoms with Crippen LogP contribution in [0.1, 0.15) is 6.92 Å². The van der Waals surface area contributed by atoms with Crippen LogP contribution in [0.3, 0.4) is 0 Å². The van der Waals surface area contributed by atoms with Gasteiger partial charge in [0.05, 0.1) is 29.1 Å². The number of fused-ring (bicyclic) bond motifs is 1. The van der Waals surface area contributed by atoms with Crippen LogP contribution in [0.15, 0.2) is 42.5 Å². The zero-order valence-corrected chi connectivity index (χ0v) is 21.2. The largest absolute Gasteiger partial charge is 0.495 e. The Kier molecular flexibility index (Phi) is 6.81. The monoisotopic (exact) mass is 499 g/mol. The number of anilines is 2. The quantitative estimate of drug-likeness (QED) is 0.532. The average molecular weight is 500 g/mol. The van der Waals surface area contributed by atoms with Gasteiger partial charge in [0, 0.05) is 57.4 Å². The van der Waals surface area contributed by atoms with E-state index in [0.29, 0.717) is 5.02 Å². The molecule has 180 valence electrons. The van der Waals surface area contributed by atoms with Gasteiger partial charge in [-0.1, -0.05) is 35.1 Å². The van der Waals surface area contributed by atoms with E-state index in [9.17, 15) is 4.79 Å². The minimum Gasteiger partial charge on any atom is -0.495 e. The lowest BCUT2D eigenvalue weighted by atomic mass is 10.1. The number of carbonyl (C=O) groups is 1. The predicted octanol–water partition coefficient (Wildman–Crippen LogP) is 3.82. The van der Waals surface area contributed by atoms with Gasteiger partial charge in [0.1, 0.15) is 5.75 Å². The third-order valence-corrected chi connectivity index (χ3v) is 8.18. The van der Waals surface area contributed by atoms with Crippen molar-refractivity contribution in [1.29, 1.82) is 0 Å². The van der Waals surface area contributed by atoms with Crippen molar-refractivity contribution in [3.05, 3.63) is 47.5 Å². The van der Waals surface area contributed by atoms with Crippen molar-refractivity contribution < 1.29 is 9.53 Å². The first kappa shape index (κ1) is 23.2. The first-order valence-corrected chi connectivity index (χ1v) is 12.9. The Morgan fingerprint density at radius 3 is 2.44 bits per heavy atom. The van der Waals surface area contributed by atoms with E-state index in [2.05, 4.69) is 20.8 Å². The molecule has 2 saturated heterocycles. The second kappa shape index (κ2) is 9.98. The molecule has 5 rings (SSSR count). The Hall–Kier alpha value is -2.55. The second-order valence-corrected chi connectivity index (χ2v) is 10.2. The number of ether oxygens (including phenoxy) is 1. The molecule has 0 saturated carbocycles. The molecular weight excluding hydrogens is 470 g/mol. The Labute approximate surface area is 209 Å². The van der Waals surface area contributed by atoms with E-state index in [0.717, 1.165) is 79.1 Å². The zero-order valence-electron chi connectivity index (χ0n) is 19.6. The third kappa shape index (κ3) is 4.67. The minimum absolute atomic E-state index is 0.117. The Balaban J connectivity index is 1.15. The summed E-state index contributed by atoms with van der Waals surface area (Å²) in [6.45, 7) is 8.58. The number of piperazine rings is 2. The van der Waals surface area contributed by atoms with E-state index >= 15 is 0 Å². The molecule has 2 aliphatic rings. The van der Waals surface area contributed by atoms with Crippen LogP contribution in [-0.4, -0.2) is 86.2 Å². The lowest BCUT2D eigenvalue weighted by Gasteiger charge is -2.41. The summed E-state index contributed by atoms with van der Waals surface area (Å²) in [5.74, 6) is 1.10. The Bertz CT molecular complexity index is 1160. The highest BCUT2D eigenvalue weighted by Gasteiger charge is 2.31. The van der Waals surface area contributed by atoms with Gasteiger partial charge in [-0.2, -0.15) is 0 Å². The van der Waals surface area contributed by atoms with Crippen LogP contribution in [-0.2, 0) is 4.79 Å². The van der Waals surface area contributed by atoms with Crippen molar-refractivity contribution in [2.75, 3.05) is 69.3 Å². The second-order valence-electron chi connectivity index (χ2n) is 8.79. The minimum atomic E-state index is -0.117. The summed E-state index contributed by atoms with van der Waals surface area (Å²) in [6, 6.07) is 13.8. The van der Waals surface area contributed by atoms with Gasteiger partial charge < -0.3 is 19.4 Å². The summed E-state index contributed by atoms with van der Waals surface area (Å²) in [4.78, 5) is 27.0. The standard InChI is InChI=1S/C25H30ClN5O2S/c1-18(24(32)30-13-11-29(12-14-30)21-5-3-4-6-22(21)33-2)28-9-15-31(16-10-28)25-27-20-17-19(26)7-8-23(20)34-25/h3-8,17-18H,9-16H2,1-2H3/t18-/m0/s1. The molecule has 2 fully saturated rings. The highest BCUT2D eigenvalue weighted by molar-refractivity contribution is 7.22. The Morgan fingerprint density at radius 2 is 1.71 bits per heavy atom. The fourth-order valence-electron chi connectivity index (χ4n) is 4.80. The van der Waals surface area contributed by atoms with E-state index in [1.165, 1.54) is 0 Å². The summed E-state index contributed by atoms with van der Waals surface area (Å²) in [7, 11) is 1.70. The Morgan fingerprint density at radius 1 is 1.00 bits per heavy atom. The molecule has 0 bridgehead atoms. The highest BCUT2D eigenvalue weighted by Crippen LogP contribution is 2.31. The SMILES string of the molecule is COc1ccccc1N1CCN(C(=O)[C@H](C)N2CCN(c3nc4cc(Cl)ccc4s3)CC2)CC1.